The first-order valence-corrected chi connectivity index (χ1v) is 8.41. The highest BCUT2D eigenvalue weighted by Gasteiger charge is 2.32. The normalized spacial score (nSPS) is 16.8. The van der Waals surface area contributed by atoms with Crippen LogP contribution in [0.4, 0.5) is 8.78 Å². The Hall–Kier alpha value is -3.02. The fraction of sp³-hybridized carbons (Fsp3) is 0.200. The molecule has 1 amide bonds. The predicted octanol–water partition coefficient (Wildman–Crippen LogP) is 4.60. The Kier molecular flexibility index (Phi) is 4.24. The molecule has 6 heteroatoms. The first-order valence-electron chi connectivity index (χ1n) is 8.41. The summed E-state index contributed by atoms with van der Waals surface area (Å²) in [5.41, 5.74) is 1.30. The summed E-state index contributed by atoms with van der Waals surface area (Å²) in [6.07, 6.45) is 1.57. The van der Waals surface area contributed by atoms with Crippen LogP contribution in [0.15, 0.2) is 59.1 Å². The van der Waals surface area contributed by atoms with Crippen molar-refractivity contribution < 1.29 is 18.1 Å². The maximum atomic E-state index is 13.9. The van der Waals surface area contributed by atoms with Crippen molar-refractivity contribution in [1.82, 2.24) is 10.1 Å². The third-order valence-corrected chi connectivity index (χ3v) is 4.62. The molecule has 1 atom stereocenters. The Morgan fingerprint density at radius 2 is 1.96 bits per heavy atom. The minimum Gasteiger partial charge on any atom is -0.350 e. The molecule has 0 radical (unpaired) electrons. The van der Waals surface area contributed by atoms with Gasteiger partial charge >= 0.3 is 0 Å². The molecule has 132 valence electrons. The lowest BCUT2D eigenvalue weighted by molar-refractivity contribution is 0.0693. The van der Waals surface area contributed by atoms with Gasteiger partial charge in [-0.1, -0.05) is 29.4 Å². The summed E-state index contributed by atoms with van der Waals surface area (Å²) in [5, 5.41) is 3.83. The van der Waals surface area contributed by atoms with Crippen LogP contribution in [0, 0.1) is 11.6 Å². The van der Waals surface area contributed by atoms with Gasteiger partial charge in [-0.3, -0.25) is 4.79 Å². The third-order valence-electron chi connectivity index (χ3n) is 4.62. The van der Waals surface area contributed by atoms with E-state index in [-0.39, 0.29) is 34.8 Å². The molecule has 3 aromatic rings. The molecule has 0 unspecified atom stereocenters. The van der Waals surface area contributed by atoms with Gasteiger partial charge in [0.25, 0.3) is 5.91 Å². The molecule has 4 nitrogen and oxygen atoms in total. The molecular weight excluding hydrogens is 338 g/mol. The number of aromatic nitrogens is 1. The molecule has 1 fully saturated rings. The molecule has 0 saturated carbocycles. The van der Waals surface area contributed by atoms with Gasteiger partial charge in [-0.15, -0.1) is 0 Å². The number of likely N-dealkylation sites (tertiary alicyclic amines) is 1. The summed E-state index contributed by atoms with van der Waals surface area (Å²) >= 11 is 0. The van der Waals surface area contributed by atoms with Gasteiger partial charge in [-0.2, -0.15) is 0 Å². The maximum absolute atomic E-state index is 13.9. The molecule has 26 heavy (non-hydrogen) atoms. The molecule has 0 N–H and O–H groups in total. The van der Waals surface area contributed by atoms with Crippen LogP contribution in [-0.2, 0) is 0 Å². The van der Waals surface area contributed by atoms with Crippen molar-refractivity contribution in [2.75, 3.05) is 6.54 Å². The summed E-state index contributed by atoms with van der Waals surface area (Å²) in [7, 11) is 0. The van der Waals surface area contributed by atoms with Gasteiger partial charge in [0.1, 0.15) is 17.3 Å². The zero-order valence-corrected chi connectivity index (χ0v) is 13.9. The first kappa shape index (κ1) is 16.4. The molecule has 0 bridgehead atoms. The third kappa shape index (κ3) is 2.98. The van der Waals surface area contributed by atoms with Crippen molar-refractivity contribution in [3.63, 3.8) is 0 Å². The van der Waals surface area contributed by atoms with Gasteiger partial charge in [-0.25, -0.2) is 8.78 Å². The van der Waals surface area contributed by atoms with Gasteiger partial charge in [0, 0.05) is 18.2 Å². The zero-order valence-electron chi connectivity index (χ0n) is 13.9. The van der Waals surface area contributed by atoms with Crippen LogP contribution in [0.2, 0.25) is 0 Å². The van der Waals surface area contributed by atoms with Gasteiger partial charge < -0.3 is 9.42 Å². The molecular formula is C20H16F2N2O2. The number of halogens is 2. The second-order valence-corrected chi connectivity index (χ2v) is 6.27. The smallest absolute Gasteiger partial charge is 0.292 e. The highest BCUT2D eigenvalue weighted by atomic mass is 19.1. The van der Waals surface area contributed by atoms with E-state index in [0.717, 1.165) is 18.4 Å². The van der Waals surface area contributed by atoms with Crippen molar-refractivity contribution in [2.24, 2.45) is 0 Å². The van der Waals surface area contributed by atoms with E-state index in [2.05, 4.69) is 5.16 Å². The molecule has 4 rings (SSSR count). The fourth-order valence-electron chi connectivity index (χ4n) is 3.38. The number of rotatable bonds is 3. The Bertz CT molecular complexity index is 954. The maximum Gasteiger partial charge on any atom is 0.292 e. The van der Waals surface area contributed by atoms with Crippen molar-refractivity contribution >= 4 is 5.91 Å². The van der Waals surface area contributed by atoms with Gasteiger partial charge in [-0.05, 0) is 42.7 Å². The summed E-state index contributed by atoms with van der Waals surface area (Å²) in [5.74, 6) is -1.04. The van der Waals surface area contributed by atoms with Gasteiger partial charge in [0.05, 0.1) is 6.04 Å². The fourth-order valence-corrected chi connectivity index (χ4v) is 3.38. The number of hydrogen-bond donors (Lipinski definition) is 0. The number of benzene rings is 2. The van der Waals surface area contributed by atoms with Crippen LogP contribution in [0.25, 0.3) is 11.3 Å². The number of carbonyl (C=O) groups excluding carboxylic acids is 1. The molecule has 1 saturated heterocycles. The SMILES string of the molecule is O=C(c1cc(-c2ccccc2F)no1)N1CCC[C@H]1c1cccc(F)c1. The Morgan fingerprint density at radius 3 is 2.77 bits per heavy atom. The highest BCUT2D eigenvalue weighted by Crippen LogP contribution is 2.34. The molecule has 2 aromatic carbocycles. The van der Waals surface area contributed by atoms with E-state index in [0.29, 0.717) is 6.54 Å². The van der Waals surface area contributed by atoms with Crippen LogP contribution in [0.1, 0.15) is 35.0 Å². The summed E-state index contributed by atoms with van der Waals surface area (Å²) < 4.78 is 32.6. The monoisotopic (exact) mass is 354 g/mol. The standard InChI is InChI=1S/C20H16F2N2O2/c21-14-6-3-5-13(11-14)18-9-4-10-24(18)20(25)19-12-17(23-26-19)15-7-1-2-8-16(15)22/h1-3,5-8,11-12,18H,4,9-10H2/t18-/m0/s1. The molecule has 0 aliphatic carbocycles. The second-order valence-electron chi connectivity index (χ2n) is 6.27. The molecule has 2 heterocycles. The number of carbonyl (C=O) groups is 1. The van der Waals surface area contributed by atoms with Gasteiger partial charge in [0.15, 0.2) is 0 Å². The molecule has 1 aliphatic heterocycles. The summed E-state index contributed by atoms with van der Waals surface area (Å²) in [6.45, 7) is 0.551. The van der Waals surface area contributed by atoms with E-state index in [1.807, 2.05) is 6.07 Å². The number of hydrogen-bond acceptors (Lipinski definition) is 3. The number of nitrogens with zero attached hydrogens (tertiary/aromatic N) is 2. The molecule has 1 aliphatic rings. The van der Waals surface area contributed by atoms with E-state index in [1.165, 1.54) is 24.3 Å². The highest BCUT2D eigenvalue weighted by molar-refractivity contribution is 5.93. The van der Waals surface area contributed by atoms with Crippen molar-refractivity contribution in [3.8, 4) is 11.3 Å². The lowest BCUT2D eigenvalue weighted by atomic mass is 10.0. The topological polar surface area (TPSA) is 46.3 Å². The van der Waals surface area contributed by atoms with Crippen molar-refractivity contribution in [2.45, 2.75) is 18.9 Å². The zero-order chi connectivity index (χ0) is 18.1. The second kappa shape index (κ2) is 6.71. The first-order chi connectivity index (χ1) is 12.6. The van der Waals surface area contributed by atoms with Crippen molar-refractivity contribution in [1.29, 1.82) is 0 Å². The van der Waals surface area contributed by atoms with Crippen LogP contribution < -0.4 is 0 Å². The largest absolute Gasteiger partial charge is 0.350 e. The van der Waals surface area contributed by atoms with E-state index in [9.17, 15) is 13.6 Å². The summed E-state index contributed by atoms with van der Waals surface area (Å²) in [4.78, 5) is 14.5. The predicted molar refractivity (Wildman–Crippen MR) is 91.3 cm³/mol. The average molecular weight is 354 g/mol. The van der Waals surface area contributed by atoms with Gasteiger partial charge in [0.2, 0.25) is 5.76 Å². The van der Waals surface area contributed by atoms with Crippen LogP contribution >= 0.6 is 0 Å². The number of amides is 1. The quantitative estimate of drug-likeness (QED) is 0.691. The van der Waals surface area contributed by atoms with Crippen LogP contribution in [0.3, 0.4) is 0 Å². The van der Waals surface area contributed by atoms with Crippen LogP contribution in [-0.4, -0.2) is 22.5 Å². The van der Waals surface area contributed by atoms with E-state index in [1.54, 1.807) is 29.2 Å². The minimum atomic E-state index is -0.432. The minimum absolute atomic E-state index is 0.0477. The Balaban J connectivity index is 1.60. The Labute approximate surface area is 149 Å². The van der Waals surface area contributed by atoms with Crippen LogP contribution in [0.5, 0.6) is 0 Å². The van der Waals surface area contributed by atoms with E-state index < -0.39 is 5.82 Å². The molecule has 0 spiro atoms. The van der Waals surface area contributed by atoms with E-state index in [4.69, 9.17) is 4.52 Å². The van der Waals surface area contributed by atoms with E-state index >= 15 is 0 Å². The molecule has 1 aromatic heterocycles. The lowest BCUT2D eigenvalue weighted by Crippen LogP contribution is -2.30. The van der Waals surface area contributed by atoms with Crippen molar-refractivity contribution in [3.05, 3.63) is 77.6 Å². The lowest BCUT2D eigenvalue weighted by Gasteiger charge is -2.23. The average Bonchev–Trinajstić information content (AvgIpc) is 3.31. The summed E-state index contributed by atoms with van der Waals surface area (Å²) in [6, 6.07) is 13.7. The Morgan fingerprint density at radius 1 is 1.12 bits per heavy atom.